The Labute approximate surface area is 776 Å². The predicted octanol–water partition coefficient (Wildman–Crippen LogP) is 31.7. The number of esters is 3. The highest BCUT2D eigenvalue weighted by Gasteiger charge is 2.60. The molecular weight excluding hydrogens is 1600 g/mol. The van der Waals surface area contributed by atoms with Crippen LogP contribution in [0.2, 0.25) is 0 Å². The van der Waals surface area contributed by atoms with Crippen molar-refractivity contribution in [2.24, 2.45) is 64.6 Å². The van der Waals surface area contributed by atoms with E-state index in [0.717, 1.165) is 81.0 Å². The van der Waals surface area contributed by atoms with Gasteiger partial charge in [0.05, 0.1) is 17.8 Å². The SMILES string of the molecule is CCC(C)C(=O)OC(C)(C)C.CCC(C)C(=O)OC(C)(C)C12CC3CC(CC(C3)C1)C2.CCC(C)C(=O)OC1(C)C2CC3CC(C2)CC1C3.CCC(C)c1ccc(O)cc1.CCC(C)c1ccc(O)cc1.CCC(C)c1ccc(O)cc1.CCC(C)c1ccc(OC(=O)OC(C)(C)C)cc1.CCC(C)c1ccc(OC(=O)OC(C)(C)C)cc1.CCC(C)c1ccccc1. The third kappa shape index (κ3) is 38.2. The lowest BCUT2D eigenvalue weighted by atomic mass is 9.46. The van der Waals surface area contributed by atoms with Crippen molar-refractivity contribution in [3.8, 4) is 28.7 Å². The summed E-state index contributed by atoms with van der Waals surface area (Å²) in [5, 5.41) is 27.0. The van der Waals surface area contributed by atoms with E-state index in [1.807, 2.05) is 109 Å². The van der Waals surface area contributed by atoms with Crippen LogP contribution in [0.4, 0.5) is 9.59 Å². The number of ether oxygens (including phenoxy) is 7. The summed E-state index contributed by atoms with van der Waals surface area (Å²) in [6.07, 6.45) is 22.9. The van der Waals surface area contributed by atoms with Crippen molar-refractivity contribution in [2.45, 2.75) is 400 Å². The Kier molecular flexibility index (Phi) is 46.6. The van der Waals surface area contributed by atoms with Gasteiger partial charge < -0.3 is 48.5 Å². The second-order valence-corrected chi connectivity index (χ2v) is 41.8. The van der Waals surface area contributed by atoms with E-state index < -0.39 is 23.5 Å². The zero-order valence-electron chi connectivity index (χ0n) is 85.1. The quantitative estimate of drug-likeness (QED) is 0.0309. The molecular formula is C113H174O15. The van der Waals surface area contributed by atoms with Gasteiger partial charge in [-0.05, 0) is 382 Å². The molecule has 0 aliphatic heterocycles. The number of carbonyl (C=O) groups excluding carboxylic acids is 5. The van der Waals surface area contributed by atoms with Gasteiger partial charge in [-0.2, -0.15) is 0 Å². The molecule has 14 rings (SSSR count). The molecule has 0 heterocycles. The summed E-state index contributed by atoms with van der Waals surface area (Å²) in [6, 6.07) is 48.0. The maximum Gasteiger partial charge on any atom is 0.514 e. The molecule has 0 saturated heterocycles. The first-order valence-electron chi connectivity index (χ1n) is 49.0. The highest BCUT2D eigenvalue weighted by Crippen LogP contribution is 2.65. The third-order valence-electron chi connectivity index (χ3n) is 27.7. The smallest absolute Gasteiger partial charge is 0.508 e. The molecule has 15 nitrogen and oxygen atoms in total. The first-order chi connectivity index (χ1) is 59.9. The van der Waals surface area contributed by atoms with Gasteiger partial charge in [0.2, 0.25) is 0 Å². The lowest BCUT2D eigenvalue weighted by molar-refractivity contribution is -0.206. The molecule has 9 unspecified atom stereocenters. The van der Waals surface area contributed by atoms with Crippen molar-refractivity contribution in [2.75, 3.05) is 0 Å². The number of hydrogen-bond donors (Lipinski definition) is 3. The highest BCUT2D eigenvalue weighted by atomic mass is 16.7. The summed E-state index contributed by atoms with van der Waals surface area (Å²) in [7, 11) is 0. The monoisotopic (exact) mass is 1770 g/mol. The number of phenolic OH excluding ortho intramolecular Hbond substituents is 3. The van der Waals surface area contributed by atoms with E-state index in [1.54, 1.807) is 102 Å². The van der Waals surface area contributed by atoms with Crippen LogP contribution in [0.25, 0.3) is 0 Å². The lowest BCUT2D eigenvalue weighted by Crippen LogP contribution is -2.58. The average molecular weight is 1770 g/mol. The van der Waals surface area contributed by atoms with Crippen LogP contribution in [0.5, 0.6) is 28.7 Å². The first kappa shape index (κ1) is 112. The van der Waals surface area contributed by atoms with E-state index in [-0.39, 0.29) is 57.9 Å². The molecule has 0 radical (unpaired) electrons. The molecule has 8 aliphatic carbocycles. The van der Waals surface area contributed by atoms with Crippen LogP contribution in [0.15, 0.2) is 152 Å². The molecule has 128 heavy (non-hydrogen) atoms. The summed E-state index contributed by atoms with van der Waals surface area (Å²) >= 11 is 0. The van der Waals surface area contributed by atoms with Gasteiger partial charge in [-0.15, -0.1) is 0 Å². The molecule has 0 aromatic heterocycles. The maximum absolute atomic E-state index is 12.3. The van der Waals surface area contributed by atoms with Gasteiger partial charge in [0.15, 0.2) is 0 Å². The van der Waals surface area contributed by atoms with E-state index in [2.05, 4.69) is 148 Å². The van der Waals surface area contributed by atoms with E-state index >= 15 is 0 Å². The predicted molar refractivity (Wildman–Crippen MR) is 526 cm³/mol. The van der Waals surface area contributed by atoms with Crippen LogP contribution in [0.1, 0.15) is 405 Å². The van der Waals surface area contributed by atoms with Crippen molar-refractivity contribution >= 4 is 30.2 Å². The van der Waals surface area contributed by atoms with Gasteiger partial charge in [0.25, 0.3) is 0 Å². The molecule has 0 spiro atoms. The fraction of sp³-hybridized carbons (Fsp3) is 0.637. The van der Waals surface area contributed by atoms with Crippen molar-refractivity contribution in [3.63, 3.8) is 0 Å². The van der Waals surface area contributed by atoms with Crippen LogP contribution in [0, 0.1) is 64.6 Å². The molecule has 6 aromatic carbocycles. The van der Waals surface area contributed by atoms with Crippen molar-refractivity contribution in [1.29, 1.82) is 0 Å². The largest absolute Gasteiger partial charge is 0.514 e. The summed E-state index contributed by atoms with van der Waals surface area (Å²) in [4.78, 5) is 58.5. The van der Waals surface area contributed by atoms with E-state index in [0.29, 0.717) is 76.1 Å². The number of benzene rings is 6. The Bertz CT molecular complexity index is 3880. The molecule has 716 valence electrons. The fourth-order valence-electron chi connectivity index (χ4n) is 17.9. The molecule has 6 aromatic rings. The zero-order valence-corrected chi connectivity index (χ0v) is 85.1. The van der Waals surface area contributed by atoms with Crippen LogP contribution >= 0.6 is 0 Å². The first-order valence-corrected chi connectivity index (χ1v) is 49.0. The van der Waals surface area contributed by atoms with Gasteiger partial charge in [0, 0.05) is 5.41 Å². The zero-order chi connectivity index (χ0) is 96.2. The summed E-state index contributed by atoms with van der Waals surface area (Å²) in [5.41, 5.74) is 6.25. The number of carbonyl (C=O) groups is 5. The highest BCUT2D eigenvalue weighted by molar-refractivity contribution is 5.73. The minimum absolute atomic E-state index is 0.00763. The van der Waals surface area contributed by atoms with Crippen molar-refractivity contribution in [1.82, 2.24) is 0 Å². The maximum atomic E-state index is 12.3. The third-order valence-corrected chi connectivity index (χ3v) is 27.7. The van der Waals surface area contributed by atoms with Crippen molar-refractivity contribution in [3.05, 3.63) is 185 Å². The van der Waals surface area contributed by atoms with Gasteiger partial charge >= 0.3 is 30.2 Å². The molecule has 9 atom stereocenters. The van der Waals surface area contributed by atoms with Gasteiger partial charge in [-0.1, -0.05) is 216 Å². The molecule has 15 heteroatoms. The van der Waals surface area contributed by atoms with E-state index in [1.165, 1.54) is 110 Å². The van der Waals surface area contributed by atoms with Crippen LogP contribution < -0.4 is 9.47 Å². The average Bonchev–Trinajstić information content (AvgIpc) is 0.728. The molecule has 8 fully saturated rings. The topological polar surface area (TPSA) is 211 Å². The number of hydrogen-bond acceptors (Lipinski definition) is 15. The summed E-state index contributed by atoms with van der Waals surface area (Å²) in [6.45, 7) is 61.2. The van der Waals surface area contributed by atoms with Gasteiger partial charge in [0.1, 0.15) is 56.8 Å². The second kappa shape index (κ2) is 53.2. The number of aromatic hydroxyl groups is 3. The number of phenols is 3. The Morgan fingerprint density at radius 3 is 0.812 bits per heavy atom. The summed E-state index contributed by atoms with van der Waals surface area (Å²) < 4.78 is 37.6. The summed E-state index contributed by atoms with van der Waals surface area (Å²) in [5.74, 6) is 11.5. The molecule has 3 N–H and O–H groups in total. The second-order valence-electron chi connectivity index (χ2n) is 41.8. The van der Waals surface area contributed by atoms with Crippen LogP contribution in [-0.2, 0) is 38.1 Å². The Hall–Kier alpha value is -8.33. The Balaban J connectivity index is 0.000000305. The van der Waals surface area contributed by atoms with Gasteiger partial charge in [-0.25, -0.2) is 9.59 Å². The normalized spacial score (nSPS) is 22.2. The van der Waals surface area contributed by atoms with E-state index in [4.69, 9.17) is 48.5 Å². The van der Waals surface area contributed by atoms with Crippen LogP contribution in [-0.4, -0.2) is 73.5 Å². The standard InChI is InChI=1S/C18H30O2.C16H26O2.2C15H22O3.3C10H14O.C10H14.C9H18O2/c1-5-12(2)16(19)20-17(3,4)18-9-13-6-14(10-18)8-15(7-13)11-18;1-4-10(2)15(17)18-16(3)13-6-11-5-12(8-13)9-14(16)7-11;2*1-6-11(2)12-7-9-13(10-8-12)17-14(16)18-15(3,4)5;3*1-3-8(2)9-4-6-10(11)7-5-9;1-3-9(2)10-7-5-4-6-8-10;1-6-7(2)8(10)11-9(3,4)5/h12-15H,5-11H2,1-4H3;10-14H,4-9H2,1-3H3;2*7-11H,6H2,1-5H3;3*4-8,11H,3H2,1-2H3;4-9H,3H2,1-2H3;7H,6H2,1-5H3. The Morgan fingerprint density at radius 1 is 0.312 bits per heavy atom. The molecule has 0 amide bonds. The Morgan fingerprint density at radius 2 is 0.555 bits per heavy atom. The van der Waals surface area contributed by atoms with Gasteiger partial charge in [-0.3, -0.25) is 14.4 Å². The molecule has 8 saturated carbocycles. The lowest BCUT2D eigenvalue weighted by Gasteiger charge is -2.61. The minimum Gasteiger partial charge on any atom is -0.508 e. The number of rotatable bonds is 23. The minimum atomic E-state index is -0.668. The molecule has 8 aliphatic rings. The molecule has 8 bridgehead atoms. The van der Waals surface area contributed by atoms with Crippen molar-refractivity contribution < 1.29 is 72.5 Å². The fourth-order valence-corrected chi connectivity index (χ4v) is 17.9. The van der Waals surface area contributed by atoms with E-state index in [9.17, 15) is 24.0 Å². The van der Waals surface area contributed by atoms with Crippen LogP contribution in [0.3, 0.4) is 0 Å².